The molecule has 4 heterocycles. The summed E-state index contributed by atoms with van der Waals surface area (Å²) in [6.45, 7) is 0. The molecule has 0 atom stereocenters. The van der Waals surface area contributed by atoms with Gasteiger partial charge in [0.25, 0.3) is 0 Å². The molecule has 0 aliphatic heterocycles. The summed E-state index contributed by atoms with van der Waals surface area (Å²) in [6, 6.07) is 72.5. The number of aromatic nitrogens is 6. The van der Waals surface area contributed by atoms with E-state index in [1.54, 1.807) is 0 Å². The number of benzene rings is 8. The van der Waals surface area contributed by atoms with E-state index >= 15 is 0 Å². The third-order valence-electron chi connectivity index (χ3n) is 11.8. The van der Waals surface area contributed by atoms with Crippen LogP contribution in [0, 0.1) is 0 Å². The Morgan fingerprint density at radius 1 is 0.274 bits per heavy atom. The summed E-state index contributed by atoms with van der Waals surface area (Å²) in [5.41, 5.74) is 14.1. The van der Waals surface area contributed by atoms with Crippen LogP contribution in [0.4, 0.5) is 0 Å². The molecule has 290 valence electrons. The van der Waals surface area contributed by atoms with E-state index in [2.05, 4.69) is 160 Å². The van der Waals surface area contributed by atoms with Gasteiger partial charge in [0.05, 0.1) is 22.1 Å². The van der Waals surface area contributed by atoms with Crippen molar-refractivity contribution >= 4 is 43.6 Å². The van der Waals surface area contributed by atoms with Gasteiger partial charge in [0.2, 0.25) is 0 Å². The standard InChI is InChI=1S/C56H36N6/c1-5-14-37(15-6-1)40-24-27-50-46(33-40)47-34-41(25-28-51(47)61(50)44-21-11-4-12-22-44)42-26-29-52-48(35-42)49-36-57-31-30-53(49)62(52)45-23-13-20-43(32-45)56-59-54(38-16-7-2-8-17-38)58-55(60-56)39-18-9-3-10-19-39/h1-36H. The third kappa shape index (κ3) is 6.04. The molecule has 0 radical (unpaired) electrons. The van der Waals surface area contributed by atoms with Crippen molar-refractivity contribution in [1.29, 1.82) is 0 Å². The van der Waals surface area contributed by atoms with Gasteiger partial charge in [-0.25, -0.2) is 15.0 Å². The van der Waals surface area contributed by atoms with Crippen molar-refractivity contribution in [3.63, 3.8) is 0 Å². The number of para-hydroxylation sites is 1. The highest BCUT2D eigenvalue weighted by atomic mass is 15.0. The van der Waals surface area contributed by atoms with Gasteiger partial charge in [-0.05, 0) is 89.0 Å². The SMILES string of the molecule is c1ccc(-c2ccc3c(c2)c2cc(-c4ccc5c(c4)c4cnccc4n5-c4cccc(-c5nc(-c6ccccc6)nc(-c6ccccc6)n5)c4)ccc2n3-c2ccccc2)cc1. The first-order valence-corrected chi connectivity index (χ1v) is 20.8. The molecule has 0 saturated carbocycles. The number of fused-ring (bicyclic) bond motifs is 6. The van der Waals surface area contributed by atoms with Crippen molar-refractivity contribution in [2.75, 3.05) is 0 Å². The molecule has 6 heteroatoms. The number of rotatable bonds is 7. The second-order valence-corrected chi connectivity index (χ2v) is 15.5. The molecule has 0 bridgehead atoms. The third-order valence-corrected chi connectivity index (χ3v) is 11.8. The summed E-state index contributed by atoms with van der Waals surface area (Å²) in [7, 11) is 0. The van der Waals surface area contributed by atoms with Gasteiger partial charge in [0.1, 0.15) is 0 Å². The summed E-state index contributed by atoms with van der Waals surface area (Å²) in [4.78, 5) is 19.6. The van der Waals surface area contributed by atoms with Gasteiger partial charge in [-0.15, -0.1) is 0 Å². The van der Waals surface area contributed by atoms with Crippen LogP contribution in [0.3, 0.4) is 0 Å². The molecule has 0 aliphatic rings. The fraction of sp³-hybridized carbons (Fsp3) is 0. The molecule has 4 aromatic heterocycles. The monoisotopic (exact) mass is 792 g/mol. The van der Waals surface area contributed by atoms with E-state index in [1.807, 2.05) is 73.1 Å². The van der Waals surface area contributed by atoms with Gasteiger partial charge in [-0.3, -0.25) is 4.98 Å². The molecule has 0 saturated heterocycles. The van der Waals surface area contributed by atoms with Crippen molar-refractivity contribution in [2.45, 2.75) is 0 Å². The van der Waals surface area contributed by atoms with Crippen LogP contribution in [0.5, 0.6) is 0 Å². The van der Waals surface area contributed by atoms with E-state index in [1.165, 1.54) is 32.9 Å². The zero-order valence-electron chi connectivity index (χ0n) is 33.5. The summed E-state index contributed by atoms with van der Waals surface area (Å²) in [6.07, 6.45) is 3.85. The Morgan fingerprint density at radius 2 is 0.677 bits per heavy atom. The minimum atomic E-state index is 0.615. The highest BCUT2D eigenvalue weighted by molar-refractivity contribution is 6.13. The normalized spacial score (nSPS) is 11.5. The fourth-order valence-corrected chi connectivity index (χ4v) is 8.91. The van der Waals surface area contributed by atoms with Crippen molar-refractivity contribution in [2.24, 2.45) is 0 Å². The maximum atomic E-state index is 5.03. The van der Waals surface area contributed by atoms with Gasteiger partial charge in [-0.1, -0.05) is 140 Å². The van der Waals surface area contributed by atoms with Gasteiger partial charge in [0.15, 0.2) is 17.5 Å². The zero-order chi connectivity index (χ0) is 41.0. The van der Waals surface area contributed by atoms with E-state index in [-0.39, 0.29) is 0 Å². The summed E-state index contributed by atoms with van der Waals surface area (Å²) in [5.74, 6) is 1.88. The first-order chi connectivity index (χ1) is 30.7. The molecule has 62 heavy (non-hydrogen) atoms. The lowest BCUT2D eigenvalue weighted by molar-refractivity contribution is 1.07. The van der Waals surface area contributed by atoms with E-state index < -0.39 is 0 Å². The maximum Gasteiger partial charge on any atom is 0.164 e. The van der Waals surface area contributed by atoms with Crippen LogP contribution >= 0.6 is 0 Å². The van der Waals surface area contributed by atoms with Crippen LogP contribution in [0.1, 0.15) is 0 Å². The minimum Gasteiger partial charge on any atom is -0.309 e. The van der Waals surface area contributed by atoms with Crippen LogP contribution in [-0.2, 0) is 0 Å². The summed E-state index contributed by atoms with van der Waals surface area (Å²) >= 11 is 0. The minimum absolute atomic E-state index is 0.615. The molecule has 0 unspecified atom stereocenters. The molecule has 0 fully saturated rings. The lowest BCUT2D eigenvalue weighted by Crippen LogP contribution is -2.01. The van der Waals surface area contributed by atoms with E-state index in [9.17, 15) is 0 Å². The second kappa shape index (κ2) is 14.7. The smallest absolute Gasteiger partial charge is 0.164 e. The van der Waals surface area contributed by atoms with Gasteiger partial charge < -0.3 is 9.13 Å². The average Bonchev–Trinajstić information content (AvgIpc) is 3.87. The molecule has 0 aliphatic carbocycles. The summed E-state index contributed by atoms with van der Waals surface area (Å²) in [5, 5.41) is 4.65. The van der Waals surface area contributed by atoms with Crippen molar-refractivity contribution in [1.82, 2.24) is 29.1 Å². The topological polar surface area (TPSA) is 61.4 Å². The molecule has 0 spiro atoms. The molecule has 8 aromatic carbocycles. The lowest BCUT2D eigenvalue weighted by atomic mass is 9.99. The van der Waals surface area contributed by atoms with Crippen molar-refractivity contribution in [3.8, 4) is 67.8 Å². The highest BCUT2D eigenvalue weighted by Crippen LogP contribution is 2.40. The van der Waals surface area contributed by atoms with Gasteiger partial charge in [-0.2, -0.15) is 0 Å². The molecule has 0 N–H and O–H groups in total. The molecular formula is C56H36N6. The first-order valence-electron chi connectivity index (χ1n) is 20.8. The Balaban J connectivity index is 0.997. The lowest BCUT2D eigenvalue weighted by Gasteiger charge is -2.12. The Morgan fingerprint density at radius 3 is 1.23 bits per heavy atom. The van der Waals surface area contributed by atoms with E-state index in [0.717, 1.165) is 61.0 Å². The molecule has 12 rings (SSSR count). The van der Waals surface area contributed by atoms with Crippen molar-refractivity contribution < 1.29 is 0 Å². The zero-order valence-corrected chi connectivity index (χ0v) is 33.5. The predicted octanol–water partition coefficient (Wildman–Crippen LogP) is 13.8. The first kappa shape index (κ1) is 35.5. The Hall–Kier alpha value is -8.48. The second-order valence-electron chi connectivity index (χ2n) is 15.5. The largest absolute Gasteiger partial charge is 0.309 e. The van der Waals surface area contributed by atoms with Gasteiger partial charge in [0, 0.05) is 62.0 Å². The van der Waals surface area contributed by atoms with Crippen LogP contribution in [0.25, 0.3) is 111 Å². The number of hydrogen-bond donors (Lipinski definition) is 0. The maximum absolute atomic E-state index is 5.03. The number of hydrogen-bond acceptors (Lipinski definition) is 4. The van der Waals surface area contributed by atoms with E-state index in [0.29, 0.717) is 17.5 Å². The fourth-order valence-electron chi connectivity index (χ4n) is 8.91. The number of pyridine rings is 1. The number of nitrogens with zero attached hydrogens (tertiary/aromatic N) is 6. The Kier molecular flexibility index (Phi) is 8.38. The van der Waals surface area contributed by atoms with Crippen LogP contribution in [0.15, 0.2) is 219 Å². The molecular weight excluding hydrogens is 757 g/mol. The van der Waals surface area contributed by atoms with Crippen LogP contribution in [-0.4, -0.2) is 29.1 Å². The quantitative estimate of drug-likeness (QED) is 0.161. The predicted molar refractivity (Wildman–Crippen MR) is 253 cm³/mol. The summed E-state index contributed by atoms with van der Waals surface area (Å²) < 4.78 is 4.70. The van der Waals surface area contributed by atoms with Crippen LogP contribution < -0.4 is 0 Å². The van der Waals surface area contributed by atoms with Crippen LogP contribution in [0.2, 0.25) is 0 Å². The van der Waals surface area contributed by atoms with E-state index in [4.69, 9.17) is 15.0 Å². The Labute approximate surface area is 357 Å². The van der Waals surface area contributed by atoms with Gasteiger partial charge >= 0.3 is 0 Å². The molecule has 6 nitrogen and oxygen atoms in total. The Bertz CT molecular complexity index is 3560. The average molecular weight is 793 g/mol. The highest BCUT2D eigenvalue weighted by Gasteiger charge is 2.18. The molecule has 0 amide bonds. The van der Waals surface area contributed by atoms with Crippen molar-refractivity contribution in [3.05, 3.63) is 219 Å². The molecule has 12 aromatic rings.